The Kier molecular flexibility index (Phi) is 5.15. The van der Waals surface area contributed by atoms with Gasteiger partial charge in [0.2, 0.25) is 0 Å². The van der Waals surface area contributed by atoms with Crippen molar-refractivity contribution in [3.63, 3.8) is 0 Å². The van der Waals surface area contributed by atoms with Crippen molar-refractivity contribution in [2.45, 2.75) is 13.8 Å². The monoisotopic (exact) mass is 392 g/mol. The maximum atomic E-state index is 12.8. The number of carbonyl (C=O) groups is 1. The molecule has 0 aliphatic heterocycles. The van der Waals surface area contributed by atoms with Gasteiger partial charge in [-0.1, -0.05) is 54.6 Å². The molecular weight excluding hydrogens is 372 g/mol. The van der Waals surface area contributed by atoms with Gasteiger partial charge in [-0.2, -0.15) is 5.26 Å². The van der Waals surface area contributed by atoms with Crippen molar-refractivity contribution >= 4 is 23.3 Å². The Balaban J connectivity index is 1.84. The fourth-order valence-electron chi connectivity index (χ4n) is 3.36. The minimum Gasteiger partial charge on any atom is -0.321 e. The van der Waals surface area contributed by atoms with Crippen LogP contribution >= 0.6 is 0 Å². The number of carbonyl (C=O) groups excluding carboxylic acids is 1. The van der Waals surface area contributed by atoms with Gasteiger partial charge in [-0.25, -0.2) is 4.98 Å². The van der Waals surface area contributed by atoms with Crippen molar-refractivity contribution in [1.82, 2.24) is 9.38 Å². The molecule has 0 radical (unpaired) electrons. The maximum absolute atomic E-state index is 12.8. The predicted molar refractivity (Wildman–Crippen MR) is 119 cm³/mol. The van der Waals surface area contributed by atoms with E-state index in [0.717, 1.165) is 28.0 Å². The summed E-state index contributed by atoms with van der Waals surface area (Å²) in [5, 5.41) is 12.6. The summed E-state index contributed by atoms with van der Waals surface area (Å²) in [7, 11) is 0. The molecule has 0 unspecified atom stereocenters. The largest absolute Gasteiger partial charge is 0.321 e. The van der Waals surface area contributed by atoms with Crippen LogP contribution in [0.25, 0.3) is 23.0 Å². The first-order chi connectivity index (χ1) is 14.6. The van der Waals surface area contributed by atoms with Crippen LogP contribution in [0.3, 0.4) is 0 Å². The molecule has 4 aromatic rings. The highest BCUT2D eigenvalue weighted by Gasteiger charge is 2.17. The summed E-state index contributed by atoms with van der Waals surface area (Å²) in [6, 6.07) is 23.2. The fourth-order valence-corrected chi connectivity index (χ4v) is 3.36. The zero-order valence-corrected chi connectivity index (χ0v) is 16.8. The first-order valence-electron chi connectivity index (χ1n) is 9.60. The number of fused-ring (bicyclic) bond motifs is 1. The Bertz CT molecular complexity index is 1310. The number of amides is 1. The molecule has 5 nitrogen and oxygen atoms in total. The van der Waals surface area contributed by atoms with E-state index in [4.69, 9.17) is 4.98 Å². The first kappa shape index (κ1) is 19.2. The molecule has 1 N–H and O–H groups in total. The molecule has 0 saturated carbocycles. The highest BCUT2D eigenvalue weighted by atomic mass is 16.1. The highest BCUT2D eigenvalue weighted by Crippen LogP contribution is 2.28. The molecule has 1 amide bonds. The van der Waals surface area contributed by atoms with Crippen LogP contribution in [0.1, 0.15) is 16.8 Å². The average molecular weight is 392 g/mol. The maximum Gasteiger partial charge on any atom is 0.266 e. The lowest BCUT2D eigenvalue weighted by Gasteiger charge is -2.08. The molecule has 4 rings (SSSR count). The molecular formula is C25H20N4O. The molecule has 2 aromatic carbocycles. The number of nitrogens with one attached hydrogen (secondary N) is 1. The van der Waals surface area contributed by atoms with Gasteiger partial charge in [0.25, 0.3) is 5.91 Å². The third-order valence-corrected chi connectivity index (χ3v) is 4.97. The van der Waals surface area contributed by atoms with Gasteiger partial charge in [0.05, 0.1) is 11.4 Å². The van der Waals surface area contributed by atoms with Crippen LogP contribution in [0, 0.1) is 25.2 Å². The number of aryl methyl sites for hydroxylation is 2. The van der Waals surface area contributed by atoms with E-state index in [1.165, 1.54) is 0 Å². The first-order valence-corrected chi connectivity index (χ1v) is 9.60. The number of para-hydroxylation sites is 1. The second-order valence-electron chi connectivity index (χ2n) is 7.04. The molecule has 2 aromatic heterocycles. The minimum atomic E-state index is -0.451. The number of rotatable bonds is 4. The van der Waals surface area contributed by atoms with E-state index in [1.807, 2.05) is 97.2 Å². The number of aromatic nitrogens is 2. The number of nitriles is 1. The van der Waals surface area contributed by atoms with Crippen molar-refractivity contribution in [2.75, 3.05) is 5.32 Å². The average Bonchev–Trinajstić information content (AvgIpc) is 3.14. The predicted octanol–water partition coefficient (Wildman–Crippen LogP) is 5.16. The van der Waals surface area contributed by atoms with E-state index >= 15 is 0 Å². The Morgan fingerprint density at radius 2 is 1.70 bits per heavy atom. The van der Waals surface area contributed by atoms with E-state index < -0.39 is 5.91 Å². The standard InChI is InChI=1S/C25H20N4O/c1-17-9-6-7-13-21(17)27-25(30)20(16-26)15-22-23(19-11-4-3-5-12-19)28-24-18(2)10-8-14-29(22)24/h3-15H,1-2H3,(H,27,30). The topological polar surface area (TPSA) is 70.2 Å². The van der Waals surface area contributed by atoms with Gasteiger partial charge in [-0.3, -0.25) is 9.20 Å². The summed E-state index contributed by atoms with van der Waals surface area (Å²) in [5.74, 6) is -0.451. The molecule has 30 heavy (non-hydrogen) atoms. The summed E-state index contributed by atoms with van der Waals surface area (Å²) in [6.07, 6.45) is 3.50. The lowest BCUT2D eigenvalue weighted by atomic mass is 10.1. The number of hydrogen-bond donors (Lipinski definition) is 1. The summed E-state index contributed by atoms with van der Waals surface area (Å²) < 4.78 is 1.91. The Hall–Kier alpha value is -4.17. The molecule has 146 valence electrons. The minimum absolute atomic E-state index is 0.0127. The molecule has 0 atom stereocenters. The Morgan fingerprint density at radius 1 is 1.00 bits per heavy atom. The normalized spacial score (nSPS) is 11.3. The van der Waals surface area contributed by atoms with E-state index in [1.54, 1.807) is 6.08 Å². The van der Waals surface area contributed by atoms with Crippen molar-refractivity contribution < 1.29 is 4.79 Å². The highest BCUT2D eigenvalue weighted by molar-refractivity contribution is 6.10. The Labute approximate surface area is 174 Å². The van der Waals surface area contributed by atoms with E-state index in [9.17, 15) is 10.1 Å². The van der Waals surface area contributed by atoms with E-state index in [-0.39, 0.29) is 5.57 Å². The van der Waals surface area contributed by atoms with Crippen LogP contribution in [-0.2, 0) is 4.79 Å². The third-order valence-electron chi connectivity index (χ3n) is 4.97. The second-order valence-corrected chi connectivity index (χ2v) is 7.04. The number of nitrogens with zero attached hydrogens (tertiary/aromatic N) is 3. The van der Waals surface area contributed by atoms with Gasteiger partial charge in [0.15, 0.2) is 0 Å². The number of hydrogen-bond acceptors (Lipinski definition) is 3. The molecule has 0 bridgehead atoms. The van der Waals surface area contributed by atoms with Crippen LogP contribution in [0.2, 0.25) is 0 Å². The lowest BCUT2D eigenvalue weighted by Crippen LogP contribution is -2.14. The number of anilines is 1. The van der Waals surface area contributed by atoms with Gasteiger partial charge in [-0.15, -0.1) is 0 Å². The van der Waals surface area contributed by atoms with Crippen LogP contribution in [0.4, 0.5) is 5.69 Å². The van der Waals surface area contributed by atoms with E-state index in [0.29, 0.717) is 11.4 Å². The van der Waals surface area contributed by atoms with Gasteiger partial charge in [0.1, 0.15) is 17.3 Å². The molecule has 2 heterocycles. The summed E-state index contributed by atoms with van der Waals surface area (Å²) in [6.45, 7) is 3.90. The molecule has 5 heteroatoms. The van der Waals surface area contributed by atoms with Crippen molar-refractivity contribution in [1.29, 1.82) is 5.26 Å². The van der Waals surface area contributed by atoms with Gasteiger partial charge < -0.3 is 5.32 Å². The van der Waals surface area contributed by atoms with Gasteiger partial charge in [0, 0.05) is 17.4 Å². The molecule has 0 aliphatic carbocycles. The molecule has 0 aliphatic rings. The Morgan fingerprint density at radius 3 is 2.43 bits per heavy atom. The van der Waals surface area contributed by atoms with Crippen molar-refractivity contribution in [2.24, 2.45) is 0 Å². The SMILES string of the molecule is Cc1ccccc1NC(=O)C(C#N)=Cc1c(-c2ccccc2)nc2c(C)cccn12. The lowest BCUT2D eigenvalue weighted by molar-refractivity contribution is -0.112. The van der Waals surface area contributed by atoms with Crippen LogP contribution < -0.4 is 5.32 Å². The fraction of sp³-hybridized carbons (Fsp3) is 0.0800. The van der Waals surface area contributed by atoms with Crippen LogP contribution in [0.5, 0.6) is 0 Å². The molecule has 0 spiro atoms. The van der Waals surface area contributed by atoms with Gasteiger partial charge >= 0.3 is 0 Å². The zero-order chi connectivity index (χ0) is 21.1. The molecule has 0 fully saturated rings. The van der Waals surface area contributed by atoms with Crippen LogP contribution in [0.15, 0.2) is 78.5 Å². The quantitative estimate of drug-likeness (QED) is 0.385. The van der Waals surface area contributed by atoms with E-state index in [2.05, 4.69) is 5.32 Å². The number of benzene rings is 2. The zero-order valence-electron chi connectivity index (χ0n) is 16.8. The molecule has 0 saturated heterocycles. The van der Waals surface area contributed by atoms with Crippen molar-refractivity contribution in [3.05, 3.63) is 95.3 Å². The number of pyridine rings is 1. The summed E-state index contributed by atoms with van der Waals surface area (Å²) in [4.78, 5) is 17.6. The van der Waals surface area contributed by atoms with Gasteiger partial charge in [-0.05, 0) is 43.2 Å². The smallest absolute Gasteiger partial charge is 0.266 e. The summed E-state index contributed by atoms with van der Waals surface area (Å²) in [5.41, 5.74) is 5.76. The van der Waals surface area contributed by atoms with Crippen LogP contribution in [-0.4, -0.2) is 15.3 Å². The van der Waals surface area contributed by atoms with Crippen molar-refractivity contribution in [3.8, 4) is 17.3 Å². The summed E-state index contributed by atoms with van der Waals surface area (Å²) >= 11 is 0. The number of imidazole rings is 1. The second kappa shape index (κ2) is 8.06. The third kappa shape index (κ3) is 3.59.